The van der Waals surface area contributed by atoms with Crippen molar-refractivity contribution < 1.29 is 14.3 Å². The zero-order chi connectivity index (χ0) is 23.2. The molecule has 1 atom stereocenters. The zero-order valence-corrected chi connectivity index (χ0v) is 18.7. The largest absolute Gasteiger partial charge is 0.497 e. The van der Waals surface area contributed by atoms with Crippen LogP contribution >= 0.6 is 0 Å². The Kier molecular flexibility index (Phi) is 6.83. The lowest BCUT2D eigenvalue weighted by Crippen LogP contribution is -2.59. The second-order valence-electron chi connectivity index (χ2n) is 7.94. The number of piperazine rings is 1. The quantitative estimate of drug-likeness (QED) is 0.523. The minimum Gasteiger partial charge on any atom is -0.497 e. The Balaban J connectivity index is 1.62. The maximum Gasteiger partial charge on any atom is 0.273 e. The van der Waals surface area contributed by atoms with Gasteiger partial charge in [-0.2, -0.15) is 0 Å². The van der Waals surface area contributed by atoms with E-state index in [-0.39, 0.29) is 11.8 Å². The number of amides is 2. The fourth-order valence-electron chi connectivity index (χ4n) is 4.14. The number of methoxy groups -OCH3 is 1. The predicted octanol–water partition coefficient (Wildman–Crippen LogP) is 3.84. The highest BCUT2D eigenvalue weighted by Gasteiger charge is 2.37. The maximum atomic E-state index is 13.3. The molecule has 2 amide bonds. The minimum absolute atomic E-state index is 0.0692. The number of benzene rings is 2. The van der Waals surface area contributed by atoms with Gasteiger partial charge in [0.2, 0.25) is 5.91 Å². The topological polar surface area (TPSA) is 62.7 Å². The van der Waals surface area contributed by atoms with E-state index in [0.29, 0.717) is 31.7 Å². The Morgan fingerprint density at radius 3 is 2.61 bits per heavy atom. The molecule has 1 saturated heterocycles. The summed E-state index contributed by atoms with van der Waals surface area (Å²) in [7, 11) is 1.64. The van der Waals surface area contributed by atoms with Crippen LogP contribution in [0.2, 0.25) is 0 Å². The number of hydrogen-bond acceptors (Lipinski definition) is 4. The van der Waals surface area contributed by atoms with Gasteiger partial charge in [-0.15, -0.1) is 6.58 Å². The van der Waals surface area contributed by atoms with Crippen LogP contribution in [0.25, 0.3) is 11.1 Å². The van der Waals surface area contributed by atoms with Gasteiger partial charge >= 0.3 is 0 Å². The molecule has 0 spiro atoms. The Morgan fingerprint density at radius 2 is 1.91 bits per heavy atom. The average Bonchev–Trinajstić information content (AvgIpc) is 2.87. The van der Waals surface area contributed by atoms with Gasteiger partial charge in [0.25, 0.3) is 5.91 Å². The molecule has 0 N–H and O–H groups in total. The van der Waals surface area contributed by atoms with E-state index in [1.165, 1.54) is 0 Å². The lowest BCUT2D eigenvalue weighted by atomic mass is 9.97. The van der Waals surface area contributed by atoms with Crippen LogP contribution < -0.4 is 4.74 Å². The van der Waals surface area contributed by atoms with Crippen LogP contribution in [0.15, 0.2) is 85.6 Å². The van der Waals surface area contributed by atoms with Gasteiger partial charge in [-0.05, 0) is 41.0 Å². The lowest BCUT2D eigenvalue weighted by molar-refractivity contribution is -0.139. The molecule has 3 aromatic rings. The molecule has 0 saturated carbocycles. The van der Waals surface area contributed by atoms with Crippen LogP contribution in [0.5, 0.6) is 5.75 Å². The zero-order valence-electron chi connectivity index (χ0n) is 18.7. The number of ether oxygens (including phenoxy) is 1. The molecule has 0 radical (unpaired) electrons. The molecule has 168 valence electrons. The predicted molar refractivity (Wildman–Crippen MR) is 128 cm³/mol. The van der Waals surface area contributed by atoms with Crippen molar-refractivity contribution in [3.8, 4) is 16.9 Å². The molecule has 2 aromatic carbocycles. The summed E-state index contributed by atoms with van der Waals surface area (Å²) in [6.07, 6.45) is 3.74. The second kappa shape index (κ2) is 10.1. The highest BCUT2D eigenvalue weighted by Crippen LogP contribution is 2.25. The molecule has 2 heterocycles. The molecule has 1 aliphatic heterocycles. The van der Waals surface area contributed by atoms with E-state index in [2.05, 4.69) is 17.6 Å². The highest BCUT2D eigenvalue weighted by molar-refractivity contribution is 5.97. The van der Waals surface area contributed by atoms with Crippen LogP contribution in [-0.2, 0) is 11.2 Å². The summed E-state index contributed by atoms with van der Waals surface area (Å²) in [5.74, 6) is 0.507. The fraction of sp³-hybridized carbons (Fsp3) is 0.222. The van der Waals surface area contributed by atoms with E-state index in [1.54, 1.807) is 47.4 Å². The summed E-state index contributed by atoms with van der Waals surface area (Å²) in [6.45, 7) is 5.16. The second-order valence-corrected chi connectivity index (χ2v) is 7.94. The molecule has 1 aromatic heterocycles. The third-order valence-electron chi connectivity index (χ3n) is 5.86. The summed E-state index contributed by atoms with van der Waals surface area (Å²) in [4.78, 5) is 34.2. The van der Waals surface area contributed by atoms with Crippen molar-refractivity contribution in [1.82, 2.24) is 14.8 Å². The van der Waals surface area contributed by atoms with Crippen LogP contribution in [0.4, 0.5) is 0 Å². The normalized spacial score (nSPS) is 15.9. The molecule has 1 fully saturated rings. The Bertz CT molecular complexity index is 1130. The monoisotopic (exact) mass is 441 g/mol. The van der Waals surface area contributed by atoms with E-state index in [1.807, 2.05) is 42.5 Å². The maximum absolute atomic E-state index is 13.3. The Labute approximate surface area is 194 Å². The van der Waals surface area contributed by atoms with E-state index in [9.17, 15) is 9.59 Å². The summed E-state index contributed by atoms with van der Waals surface area (Å²) in [6, 6.07) is 20.6. The van der Waals surface area contributed by atoms with Crippen molar-refractivity contribution >= 4 is 11.8 Å². The first-order chi connectivity index (χ1) is 16.1. The van der Waals surface area contributed by atoms with Gasteiger partial charge in [0, 0.05) is 32.3 Å². The van der Waals surface area contributed by atoms with Crippen molar-refractivity contribution in [2.24, 2.45) is 0 Å². The summed E-state index contributed by atoms with van der Waals surface area (Å²) < 4.78 is 5.25. The molecular formula is C27H27N3O3. The third kappa shape index (κ3) is 4.95. The molecule has 33 heavy (non-hydrogen) atoms. The van der Waals surface area contributed by atoms with Crippen molar-refractivity contribution in [2.45, 2.75) is 12.5 Å². The van der Waals surface area contributed by atoms with Crippen molar-refractivity contribution in [3.05, 3.63) is 96.8 Å². The van der Waals surface area contributed by atoms with Crippen LogP contribution in [-0.4, -0.2) is 59.4 Å². The number of carbonyl (C=O) groups is 2. The van der Waals surface area contributed by atoms with Crippen LogP contribution in [0.1, 0.15) is 16.1 Å². The number of hydrogen-bond donors (Lipinski definition) is 0. The lowest BCUT2D eigenvalue weighted by Gasteiger charge is -2.40. The van der Waals surface area contributed by atoms with Gasteiger partial charge in [0.15, 0.2) is 0 Å². The number of aromatic nitrogens is 1. The summed E-state index contributed by atoms with van der Waals surface area (Å²) >= 11 is 0. The number of carbonyl (C=O) groups excluding carboxylic acids is 2. The smallest absolute Gasteiger partial charge is 0.273 e. The molecule has 6 heteroatoms. The van der Waals surface area contributed by atoms with Gasteiger partial charge < -0.3 is 14.5 Å². The molecule has 6 nitrogen and oxygen atoms in total. The fourth-order valence-corrected chi connectivity index (χ4v) is 4.14. The first kappa shape index (κ1) is 22.3. The van der Waals surface area contributed by atoms with Crippen LogP contribution in [0.3, 0.4) is 0 Å². The molecule has 0 aliphatic carbocycles. The Morgan fingerprint density at radius 1 is 1.09 bits per heavy atom. The van der Waals surface area contributed by atoms with Gasteiger partial charge in [0.1, 0.15) is 17.5 Å². The first-order valence-corrected chi connectivity index (χ1v) is 11.0. The molecule has 0 bridgehead atoms. The molecule has 1 unspecified atom stereocenters. The molecule has 1 aliphatic rings. The van der Waals surface area contributed by atoms with Crippen molar-refractivity contribution in [1.29, 1.82) is 0 Å². The van der Waals surface area contributed by atoms with E-state index in [4.69, 9.17) is 4.74 Å². The van der Waals surface area contributed by atoms with Gasteiger partial charge in [-0.3, -0.25) is 14.6 Å². The van der Waals surface area contributed by atoms with Crippen LogP contribution in [0, 0.1) is 0 Å². The van der Waals surface area contributed by atoms with Crippen molar-refractivity contribution in [3.63, 3.8) is 0 Å². The van der Waals surface area contributed by atoms with Gasteiger partial charge in [-0.1, -0.05) is 48.5 Å². The van der Waals surface area contributed by atoms with Gasteiger partial charge in [0.05, 0.1) is 7.11 Å². The first-order valence-electron chi connectivity index (χ1n) is 11.0. The van der Waals surface area contributed by atoms with E-state index >= 15 is 0 Å². The number of pyridine rings is 1. The van der Waals surface area contributed by atoms with E-state index in [0.717, 1.165) is 22.4 Å². The average molecular weight is 442 g/mol. The summed E-state index contributed by atoms with van der Waals surface area (Å²) in [5.41, 5.74) is 3.44. The molecule has 4 rings (SSSR count). The third-order valence-corrected chi connectivity index (χ3v) is 5.86. The standard InChI is InChI=1S/C27H27N3O3/c1-3-15-29-16-17-30(26(31)24-9-4-5-14-28-24)25(27(29)32)19-20-7-6-8-22(18-20)21-10-12-23(33-2)13-11-21/h3-14,18,25H,1,15-17,19H2,2H3. The van der Waals surface area contributed by atoms with Crippen molar-refractivity contribution in [2.75, 3.05) is 26.7 Å². The Hall–Kier alpha value is -3.93. The summed E-state index contributed by atoms with van der Waals surface area (Å²) in [5, 5.41) is 0. The molecular weight excluding hydrogens is 414 g/mol. The minimum atomic E-state index is -0.598. The SMILES string of the molecule is C=CCN1CCN(C(=O)c2ccccn2)C(Cc2cccc(-c3ccc(OC)cc3)c2)C1=O. The number of rotatable bonds is 7. The highest BCUT2D eigenvalue weighted by atomic mass is 16.5. The van der Waals surface area contributed by atoms with Gasteiger partial charge in [-0.25, -0.2) is 0 Å². The van der Waals surface area contributed by atoms with E-state index < -0.39 is 6.04 Å². The number of nitrogens with zero attached hydrogens (tertiary/aromatic N) is 3.